The third-order valence-corrected chi connectivity index (χ3v) is 6.86. The number of fused-ring (bicyclic) bond motifs is 1. The van der Waals surface area contributed by atoms with Crippen molar-refractivity contribution < 1.29 is 14.6 Å². The monoisotopic (exact) mass is 468 g/mol. The first kappa shape index (κ1) is 23.1. The van der Waals surface area contributed by atoms with Crippen LogP contribution in [0.25, 0.3) is 11.0 Å². The first-order valence-electron chi connectivity index (χ1n) is 12.5. The lowest BCUT2D eigenvalue weighted by molar-refractivity contribution is 0.0550. The molecule has 3 N–H and O–H groups in total. The second kappa shape index (κ2) is 10.3. The van der Waals surface area contributed by atoms with E-state index in [4.69, 9.17) is 14.6 Å². The molecule has 1 saturated heterocycles. The summed E-state index contributed by atoms with van der Waals surface area (Å²) in [6, 6.07) is 6.85. The van der Waals surface area contributed by atoms with E-state index < -0.39 is 0 Å². The van der Waals surface area contributed by atoms with E-state index in [-0.39, 0.29) is 12.2 Å². The summed E-state index contributed by atoms with van der Waals surface area (Å²) in [6.07, 6.45) is 9.98. The van der Waals surface area contributed by atoms with E-state index in [1.54, 1.807) is 0 Å². The van der Waals surface area contributed by atoms with Gasteiger partial charge in [-0.25, -0.2) is 4.98 Å². The number of nitrogens with one attached hydrogen (secondary N) is 2. The highest BCUT2D eigenvalue weighted by molar-refractivity contribution is 5.91. The summed E-state index contributed by atoms with van der Waals surface area (Å²) in [5.74, 6) is 1.64. The van der Waals surface area contributed by atoms with Gasteiger partial charge >= 0.3 is 0 Å². The summed E-state index contributed by atoms with van der Waals surface area (Å²) in [7, 11) is 2.00. The molecule has 1 aromatic carbocycles. The Morgan fingerprint density at radius 3 is 2.85 bits per heavy atom. The topological polar surface area (TPSA) is 98.4 Å². The van der Waals surface area contributed by atoms with Gasteiger partial charge < -0.3 is 29.8 Å². The van der Waals surface area contributed by atoms with E-state index in [1.807, 2.05) is 47.9 Å². The number of aryl methyl sites for hydroxylation is 1. The highest BCUT2D eigenvalue weighted by Gasteiger charge is 2.23. The number of aliphatic hydroxyl groups excluding tert-OH is 1. The van der Waals surface area contributed by atoms with Crippen molar-refractivity contribution in [2.75, 3.05) is 25.1 Å². The van der Waals surface area contributed by atoms with Crippen LogP contribution in [0.15, 0.2) is 30.7 Å². The van der Waals surface area contributed by atoms with Gasteiger partial charge in [-0.15, -0.1) is 0 Å². The van der Waals surface area contributed by atoms with Crippen LogP contribution < -0.4 is 15.4 Å². The molecule has 2 atom stereocenters. The normalized spacial score (nSPS) is 24.3. The van der Waals surface area contributed by atoms with Gasteiger partial charge in [0.2, 0.25) is 0 Å². The van der Waals surface area contributed by atoms with Gasteiger partial charge in [0, 0.05) is 50.6 Å². The minimum absolute atomic E-state index is 0.189. The molecular weight excluding hydrogens is 432 g/mol. The van der Waals surface area contributed by atoms with Crippen LogP contribution in [-0.4, -0.2) is 62.4 Å². The Morgan fingerprint density at radius 2 is 2.09 bits per heavy atom. The molecule has 1 unspecified atom stereocenters. The molecule has 2 aromatic heterocycles. The second-order valence-electron chi connectivity index (χ2n) is 9.72. The average Bonchev–Trinajstić information content (AvgIpc) is 3.46. The van der Waals surface area contributed by atoms with E-state index in [2.05, 4.69) is 21.7 Å². The lowest BCUT2D eigenvalue weighted by atomic mass is 9.93. The lowest BCUT2D eigenvalue weighted by Crippen LogP contribution is -2.39. The van der Waals surface area contributed by atoms with Crippen LogP contribution in [-0.2, 0) is 11.8 Å². The Hall–Kier alpha value is -2.62. The van der Waals surface area contributed by atoms with E-state index in [1.165, 1.54) is 0 Å². The van der Waals surface area contributed by atoms with Gasteiger partial charge in [0.15, 0.2) is 5.82 Å². The second-order valence-corrected chi connectivity index (χ2v) is 9.72. The number of anilines is 2. The number of aromatic nitrogens is 4. The molecule has 9 heteroatoms. The largest absolute Gasteiger partial charge is 0.490 e. The van der Waals surface area contributed by atoms with Gasteiger partial charge in [-0.1, -0.05) is 0 Å². The zero-order valence-corrected chi connectivity index (χ0v) is 20.1. The maximum atomic E-state index is 9.51. The standard InChI is InChI=1S/C25H36N6O3/c1-17(32)14-26-18-5-7-20(8-6-18)34-21-12-22(25-23(13-21)30(2)16-27-25)28-24-9-10-31(29-24)19-4-3-11-33-15-19/h9-10,12-13,16-20,26,32H,3-8,11,14-15H2,1-2H3,(H,28,29)/t17-,18?,19?,20?/m0/s1. The summed E-state index contributed by atoms with van der Waals surface area (Å²) < 4.78 is 16.1. The fraction of sp³-hybridized carbons (Fsp3) is 0.600. The van der Waals surface area contributed by atoms with Crippen molar-refractivity contribution >= 4 is 22.5 Å². The Bertz CT molecular complexity index is 1080. The van der Waals surface area contributed by atoms with Crippen LogP contribution >= 0.6 is 0 Å². The number of hydrogen-bond acceptors (Lipinski definition) is 7. The van der Waals surface area contributed by atoms with Crippen LogP contribution in [0, 0.1) is 0 Å². The third-order valence-electron chi connectivity index (χ3n) is 6.86. The number of hydrogen-bond donors (Lipinski definition) is 3. The number of imidazole rings is 1. The number of benzene rings is 1. The van der Waals surface area contributed by atoms with Gasteiger partial charge in [0.05, 0.1) is 42.4 Å². The zero-order chi connectivity index (χ0) is 23.5. The SMILES string of the molecule is C[C@H](O)CNC1CCC(Oc2cc(Nc3ccn(C4CCCOC4)n3)c3ncn(C)c3c2)CC1. The molecule has 1 aliphatic heterocycles. The van der Waals surface area contributed by atoms with Crippen LogP contribution in [0.2, 0.25) is 0 Å². The van der Waals surface area contributed by atoms with E-state index in [0.29, 0.717) is 25.2 Å². The van der Waals surface area contributed by atoms with Gasteiger partial charge in [-0.05, 0) is 45.4 Å². The van der Waals surface area contributed by atoms with Crippen LogP contribution in [0.4, 0.5) is 11.5 Å². The predicted octanol–water partition coefficient (Wildman–Crippen LogP) is 3.53. The minimum Gasteiger partial charge on any atom is -0.490 e. The molecule has 1 saturated carbocycles. The molecular formula is C25H36N6O3. The van der Waals surface area contributed by atoms with E-state index in [0.717, 1.165) is 73.4 Å². The summed E-state index contributed by atoms with van der Waals surface area (Å²) in [4.78, 5) is 4.61. The van der Waals surface area contributed by atoms with Crippen LogP contribution in [0.1, 0.15) is 51.5 Å². The number of nitrogens with zero attached hydrogens (tertiary/aromatic N) is 4. The Balaban J connectivity index is 1.28. The van der Waals surface area contributed by atoms with Crippen molar-refractivity contribution in [1.82, 2.24) is 24.6 Å². The van der Waals surface area contributed by atoms with Crippen LogP contribution in [0.3, 0.4) is 0 Å². The first-order valence-corrected chi connectivity index (χ1v) is 12.5. The molecule has 9 nitrogen and oxygen atoms in total. The van der Waals surface area contributed by atoms with Crippen molar-refractivity contribution in [1.29, 1.82) is 0 Å². The lowest BCUT2D eigenvalue weighted by Gasteiger charge is -2.30. The fourth-order valence-electron chi connectivity index (χ4n) is 4.96. The average molecular weight is 469 g/mol. The quantitative estimate of drug-likeness (QED) is 0.465. The molecule has 3 aromatic rings. The molecule has 0 bridgehead atoms. The molecule has 2 aliphatic rings. The molecule has 2 fully saturated rings. The molecule has 0 spiro atoms. The number of ether oxygens (including phenoxy) is 2. The van der Waals surface area contributed by atoms with Crippen molar-refractivity contribution in [3.63, 3.8) is 0 Å². The van der Waals surface area contributed by atoms with Gasteiger partial charge in [-0.3, -0.25) is 4.68 Å². The predicted molar refractivity (Wildman–Crippen MR) is 132 cm³/mol. The zero-order valence-electron chi connectivity index (χ0n) is 20.1. The number of rotatable bonds is 8. The third kappa shape index (κ3) is 5.37. The molecule has 184 valence electrons. The van der Waals surface area contributed by atoms with Gasteiger partial charge in [0.25, 0.3) is 0 Å². The molecule has 0 radical (unpaired) electrons. The first-order chi connectivity index (χ1) is 16.5. The maximum absolute atomic E-state index is 9.51. The fourth-order valence-corrected chi connectivity index (χ4v) is 4.96. The Kier molecular flexibility index (Phi) is 7.03. The Labute approximate surface area is 200 Å². The summed E-state index contributed by atoms with van der Waals surface area (Å²) >= 11 is 0. The van der Waals surface area contributed by atoms with Crippen LogP contribution in [0.5, 0.6) is 5.75 Å². The maximum Gasteiger partial charge on any atom is 0.152 e. The molecule has 5 rings (SSSR count). The van der Waals surface area contributed by atoms with Crippen molar-refractivity contribution in [3.8, 4) is 5.75 Å². The molecule has 3 heterocycles. The highest BCUT2D eigenvalue weighted by Crippen LogP contribution is 2.33. The summed E-state index contributed by atoms with van der Waals surface area (Å²) in [6.45, 7) is 4.02. The Morgan fingerprint density at radius 1 is 1.24 bits per heavy atom. The van der Waals surface area contributed by atoms with Crippen molar-refractivity contribution in [2.45, 2.75) is 69.7 Å². The summed E-state index contributed by atoms with van der Waals surface area (Å²) in [5, 5.41) is 21.2. The van der Waals surface area contributed by atoms with Crippen molar-refractivity contribution in [2.24, 2.45) is 7.05 Å². The van der Waals surface area contributed by atoms with E-state index in [9.17, 15) is 5.11 Å². The summed E-state index contributed by atoms with van der Waals surface area (Å²) in [5.41, 5.74) is 2.81. The van der Waals surface area contributed by atoms with Gasteiger partial charge in [0.1, 0.15) is 11.3 Å². The minimum atomic E-state index is -0.312. The molecule has 34 heavy (non-hydrogen) atoms. The van der Waals surface area contributed by atoms with E-state index >= 15 is 0 Å². The molecule has 1 aliphatic carbocycles. The molecule has 0 amide bonds. The van der Waals surface area contributed by atoms with Crippen molar-refractivity contribution in [3.05, 3.63) is 30.7 Å². The smallest absolute Gasteiger partial charge is 0.152 e. The number of aliphatic hydroxyl groups is 1. The highest BCUT2D eigenvalue weighted by atomic mass is 16.5. The van der Waals surface area contributed by atoms with Gasteiger partial charge in [-0.2, -0.15) is 5.10 Å².